The van der Waals surface area contributed by atoms with Crippen LogP contribution >= 0.6 is 0 Å². The molecule has 0 saturated heterocycles. The van der Waals surface area contributed by atoms with Crippen molar-refractivity contribution in [1.29, 1.82) is 5.41 Å². The van der Waals surface area contributed by atoms with Crippen molar-refractivity contribution in [2.24, 2.45) is 5.73 Å². The minimum Gasteiger partial charge on any atom is -0.481 e. The van der Waals surface area contributed by atoms with Gasteiger partial charge < -0.3 is 16.2 Å². The Morgan fingerprint density at radius 2 is 0.962 bits per heavy atom. The highest BCUT2D eigenvalue weighted by Gasteiger charge is 1.97. The number of hydrogen-bond acceptors (Lipinski definition) is 2. The third kappa shape index (κ3) is 22.7. The Morgan fingerprint density at radius 1 is 0.654 bits per heavy atom. The van der Waals surface area contributed by atoms with Crippen LogP contribution in [0.1, 0.15) is 116 Å². The van der Waals surface area contributed by atoms with E-state index in [4.69, 9.17) is 16.2 Å². The zero-order valence-electron chi connectivity index (χ0n) is 16.9. The van der Waals surface area contributed by atoms with Gasteiger partial charge in [-0.2, -0.15) is 0 Å². The standard InChI is InChI=1S/C21H43N3O2/c22-21(23)24-19-17-15-13-11-9-7-5-3-1-2-4-6-8-10-12-14-16-18-20(25)26/h1-19H2,(H,25,26)(H4,22,23,24). The number of nitrogens with two attached hydrogens (primary N) is 1. The molecule has 0 aliphatic heterocycles. The van der Waals surface area contributed by atoms with Crippen LogP contribution in [0.5, 0.6) is 0 Å². The summed E-state index contributed by atoms with van der Waals surface area (Å²) >= 11 is 0. The van der Waals surface area contributed by atoms with Crippen molar-refractivity contribution in [3.63, 3.8) is 0 Å². The molecule has 0 unspecified atom stereocenters. The fraction of sp³-hybridized carbons (Fsp3) is 0.905. The maximum absolute atomic E-state index is 10.4. The van der Waals surface area contributed by atoms with Crippen LogP contribution in [-0.4, -0.2) is 23.6 Å². The average Bonchev–Trinajstić information content (AvgIpc) is 2.59. The molecule has 0 fully saturated rings. The summed E-state index contributed by atoms with van der Waals surface area (Å²) in [5.74, 6) is -0.582. The highest BCUT2D eigenvalue weighted by atomic mass is 16.4. The highest BCUT2D eigenvalue weighted by molar-refractivity contribution is 5.74. The quantitative estimate of drug-likeness (QED) is 0.128. The molecular weight excluding hydrogens is 326 g/mol. The van der Waals surface area contributed by atoms with Crippen LogP contribution in [-0.2, 0) is 4.79 Å². The van der Waals surface area contributed by atoms with Crippen molar-refractivity contribution in [2.75, 3.05) is 6.54 Å². The Balaban J connectivity index is 3.01. The number of hydrogen-bond donors (Lipinski definition) is 4. The molecule has 5 heteroatoms. The molecule has 0 saturated carbocycles. The van der Waals surface area contributed by atoms with E-state index in [9.17, 15) is 4.79 Å². The van der Waals surface area contributed by atoms with Crippen molar-refractivity contribution in [1.82, 2.24) is 5.32 Å². The van der Waals surface area contributed by atoms with Gasteiger partial charge in [0.05, 0.1) is 0 Å². The van der Waals surface area contributed by atoms with Crippen molar-refractivity contribution >= 4 is 11.9 Å². The molecule has 154 valence electrons. The predicted molar refractivity (Wildman–Crippen MR) is 111 cm³/mol. The molecule has 5 N–H and O–H groups in total. The Hall–Kier alpha value is -1.26. The van der Waals surface area contributed by atoms with Gasteiger partial charge in [-0.05, 0) is 12.8 Å². The maximum atomic E-state index is 10.4. The Bertz CT molecular complexity index is 303. The van der Waals surface area contributed by atoms with Gasteiger partial charge in [-0.25, -0.2) is 0 Å². The summed E-state index contributed by atoms with van der Waals surface area (Å²) in [6.07, 6.45) is 22.0. The molecule has 0 rings (SSSR count). The Labute approximate surface area is 161 Å². The van der Waals surface area contributed by atoms with Crippen LogP contribution < -0.4 is 11.1 Å². The monoisotopic (exact) mass is 369 g/mol. The minimum atomic E-state index is -0.663. The second kappa shape index (κ2) is 20.1. The summed E-state index contributed by atoms with van der Waals surface area (Å²) < 4.78 is 0. The van der Waals surface area contributed by atoms with Gasteiger partial charge in [0.15, 0.2) is 5.96 Å². The van der Waals surface area contributed by atoms with Gasteiger partial charge in [0, 0.05) is 13.0 Å². The molecule has 0 aliphatic carbocycles. The Morgan fingerprint density at radius 3 is 1.27 bits per heavy atom. The van der Waals surface area contributed by atoms with Crippen molar-refractivity contribution in [3.8, 4) is 0 Å². The first-order valence-electron chi connectivity index (χ1n) is 10.9. The first-order chi connectivity index (χ1) is 12.6. The molecule has 0 aromatic carbocycles. The SMILES string of the molecule is N=C(N)NCCCCCCCCCCCCCCCCCCCC(=O)O. The summed E-state index contributed by atoms with van der Waals surface area (Å²) in [7, 11) is 0. The number of carboxylic acids is 1. The summed E-state index contributed by atoms with van der Waals surface area (Å²) in [5.41, 5.74) is 5.23. The van der Waals surface area contributed by atoms with Crippen LogP contribution in [0.15, 0.2) is 0 Å². The van der Waals surface area contributed by atoms with Gasteiger partial charge in [0.25, 0.3) is 0 Å². The lowest BCUT2D eigenvalue weighted by molar-refractivity contribution is -0.137. The molecule has 0 atom stereocenters. The molecule has 0 heterocycles. The predicted octanol–water partition coefficient (Wildman–Crippen LogP) is 5.58. The minimum absolute atomic E-state index is 0.0815. The summed E-state index contributed by atoms with van der Waals surface area (Å²) in [5, 5.41) is 18.5. The maximum Gasteiger partial charge on any atom is 0.303 e. The summed E-state index contributed by atoms with van der Waals surface area (Å²) in [6, 6.07) is 0. The highest BCUT2D eigenvalue weighted by Crippen LogP contribution is 2.14. The van der Waals surface area contributed by atoms with Crippen LogP contribution in [0, 0.1) is 5.41 Å². The molecule has 0 amide bonds. The molecule has 0 radical (unpaired) electrons. The summed E-state index contributed by atoms with van der Waals surface area (Å²) in [6.45, 7) is 0.833. The molecular formula is C21H43N3O2. The molecule has 0 aromatic rings. The van der Waals surface area contributed by atoms with Crippen molar-refractivity contribution in [2.45, 2.75) is 116 Å². The first kappa shape index (κ1) is 24.7. The number of nitrogens with one attached hydrogen (secondary N) is 2. The third-order valence-electron chi connectivity index (χ3n) is 4.88. The smallest absolute Gasteiger partial charge is 0.303 e. The number of unbranched alkanes of at least 4 members (excludes halogenated alkanes) is 16. The summed E-state index contributed by atoms with van der Waals surface area (Å²) in [4.78, 5) is 10.4. The van der Waals surface area contributed by atoms with E-state index in [0.717, 1.165) is 25.8 Å². The Kier molecular flexibility index (Phi) is 19.1. The van der Waals surface area contributed by atoms with E-state index < -0.39 is 5.97 Å². The number of carbonyl (C=O) groups is 1. The van der Waals surface area contributed by atoms with E-state index >= 15 is 0 Å². The van der Waals surface area contributed by atoms with Gasteiger partial charge in [0.2, 0.25) is 0 Å². The molecule has 26 heavy (non-hydrogen) atoms. The molecule has 0 bridgehead atoms. The number of guanidine groups is 1. The zero-order valence-corrected chi connectivity index (χ0v) is 16.9. The van der Waals surface area contributed by atoms with Crippen LogP contribution in [0.3, 0.4) is 0 Å². The first-order valence-corrected chi connectivity index (χ1v) is 10.9. The van der Waals surface area contributed by atoms with E-state index in [1.165, 1.54) is 89.9 Å². The van der Waals surface area contributed by atoms with E-state index in [1.54, 1.807) is 0 Å². The fourth-order valence-corrected chi connectivity index (χ4v) is 3.28. The van der Waals surface area contributed by atoms with Crippen LogP contribution in [0.25, 0.3) is 0 Å². The van der Waals surface area contributed by atoms with E-state index in [1.807, 2.05) is 0 Å². The topological polar surface area (TPSA) is 99.2 Å². The van der Waals surface area contributed by atoms with Gasteiger partial charge >= 0.3 is 5.97 Å². The van der Waals surface area contributed by atoms with E-state index in [0.29, 0.717) is 6.42 Å². The van der Waals surface area contributed by atoms with Crippen molar-refractivity contribution < 1.29 is 9.90 Å². The van der Waals surface area contributed by atoms with Gasteiger partial charge in [0.1, 0.15) is 0 Å². The fourth-order valence-electron chi connectivity index (χ4n) is 3.28. The van der Waals surface area contributed by atoms with Crippen LogP contribution in [0.4, 0.5) is 0 Å². The second-order valence-electron chi connectivity index (χ2n) is 7.49. The lowest BCUT2D eigenvalue weighted by atomic mass is 10.0. The molecule has 5 nitrogen and oxygen atoms in total. The van der Waals surface area contributed by atoms with E-state index in [-0.39, 0.29) is 5.96 Å². The zero-order chi connectivity index (χ0) is 19.3. The largest absolute Gasteiger partial charge is 0.481 e. The van der Waals surface area contributed by atoms with Gasteiger partial charge in [-0.15, -0.1) is 0 Å². The lowest BCUT2D eigenvalue weighted by Gasteiger charge is -2.04. The second-order valence-corrected chi connectivity index (χ2v) is 7.49. The normalized spacial score (nSPS) is 10.8. The lowest BCUT2D eigenvalue weighted by Crippen LogP contribution is -2.30. The average molecular weight is 370 g/mol. The molecule has 0 spiro atoms. The number of carboxylic acid groups (broad SMARTS) is 1. The molecule has 0 aromatic heterocycles. The van der Waals surface area contributed by atoms with Gasteiger partial charge in [-0.3, -0.25) is 10.2 Å². The third-order valence-corrected chi connectivity index (χ3v) is 4.88. The van der Waals surface area contributed by atoms with Gasteiger partial charge in [-0.1, -0.05) is 96.3 Å². The number of rotatable bonds is 20. The van der Waals surface area contributed by atoms with Crippen LogP contribution in [0.2, 0.25) is 0 Å². The van der Waals surface area contributed by atoms with E-state index in [2.05, 4.69) is 5.32 Å². The number of aliphatic carboxylic acids is 1. The molecule has 0 aliphatic rings. The van der Waals surface area contributed by atoms with Crippen molar-refractivity contribution in [3.05, 3.63) is 0 Å².